The van der Waals surface area contributed by atoms with Crippen molar-refractivity contribution in [2.45, 2.75) is 6.42 Å². The van der Waals surface area contributed by atoms with Gasteiger partial charge in [0.2, 0.25) is 0 Å². The molecule has 17 heavy (non-hydrogen) atoms. The molecular formula is C10H10N2O5. The van der Waals surface area contributed by atoms with Gasteiger partial charge in [-0.15, -0.1) is 0 Å². The molecular weight excluding hydrogens is 230 g/mol. The van der Waals surface area contributed by atoms with Gasteiger partial charge in [-0.2, -0.15) is 0 Å². The molecule has 0 atom stereocenters. The summed E-state index contributed by atoms with van der Waals surface area (Å²) in [6.45, 7) is 0.170. The van der Waals surface area contributed by atoms with Gasteiger partial charge in [-0.05, 0) is 12.0 Å². The summed E-state index contributed by atoms with van der Waals surface area (Å²) in [5.41, 5.74) is 0.768. The van der Waals surface area contributed by atoms with Crippen LogP contribution in [0.5, 0.6) is 0 Å². The number of rotatable bonds is 4. The molecule has 1 amide bonds. The molecule has 7 nitrogen and oxygen atoms in total. The third-order valence-electron chi connectivity index (χ3n) is 2.04. The van der Waals surface area contributed by atoms with Gasteiger partial charge in [0.05, 0.1) is 4.92 Å². The second kappa shape index (κ2) is 5.59. The van der Waals surface area contributed by atoms with Crippen LogP contribution in [-0.4, -0.2) is 28.5 Å². The minimum Gasteiger partial charge on any atom is -0.474 e. The number of carboxylic acid groups (broad SMARTS) is 1. The summed E-state index contributed by atoms with van der Waals surface area (Å²) >= 11 is 0. The van der Waals surface area contributed by atoms with Crippen LogP contribution in [-0.2, 0) is 16.0 Å². The number of non-ortho nitro benzene ring substituents is 1. The molecule has 0 aliphatic rings. The quantitative estimate of drug-likeness (QED) is 0.341. The molecule has 7 heteroatoms. The van der Waals surface area contributed by atoms with Gasteiger partial charge >= 0.3 is 11.9 Å². The van der Waals surface area contributed by atoms with Crippen LogP contribution in [0, 0.1) is 10.1 Å². The van der Waals surface area contributed by atoms with E-state index in [1.807, 2.05) is 0 Å². The molecule has 1 aromatic carbocycles. The zero-order valence-corrected chi connectivity index (χ0v) is 8.75. The number of benzene rings is 1. The molecule has 0 unspecified atom stereocenters. The van der Waals surface area contributed by atoms with Crippen LogP contribution in [0.15, 0.2) is 24.3 Å². The Bertz CT molecular complexity index is 441. The van der Waals surface area contributed by atoms with Crippen molar-refractivity contribution in [2.24, 2.45) is 0 Å². The highest BCUT2D eigenvalue weighted by atomic mass is 16.6. The first-order chi connectivity index (χ1) is 8.00. The van der Waals surface area contributed by atoms with Crippen LogP contribution in [0.2, 0.25) is 0 Å². The largest absolute Gasteiger partial charge is 0.474 e. The van der Waals surface area contributed by atoms with E-state index in [0.29, 0.717) is 6.42 Å². The average molecular weight is 240 g/mol. The van der Waals surface area contributed by atoms with Crippen LogP contribution in [0.3, 0.4) is 0 Å². The second-order valence-corrected chi connectivity index (χ2v) is 3.23. The number of aliphatic carboxylic acids is 1. The standard InChI is InChI=1S/C10H10N2O5/c13-9(10(14)15)11-6-5-7-1-3-8(4-2-7)12(16)17/h1-4H,5-6H2,(H,11,13)(H,14,15)/i9+1,10+1. The Hall–Kier alpha value is -2.44. The normalized spacial score (nSPS) is 9.65. The predicted molar refractivity (Wildman–Crippen MR) is 57.4 cm³/mol. The lowest BCUT2D eigenvalue weighted by Crippen LogP contribution is -2.32. The van der Waals surface area contributed by atoms with Crippen LogP contribution < -0.4 is 5.32 Å². The van der Waals surface area contributed by atoms with Crippen LogP contribution >= 0.6 is 0 Å². The molecule has 0 saturated carbocycles. The first kappa shape index (κ1) is 12.6. The van der Waals surface area contributed by atoms with E-state index in [0.717, 1.165) is 5.56 Å². The fourth-order valence-electron chi connectivity index (χ4n) is 1.18. The number of carbonyl (C=O) groups excluding carboxylic acids is 1. The number of hydrogen-bond acceptors (Lipinski definition) is 4. The van der Waals surface area contributed by atoms with Crippen molar-refractivity contribution in [1.29, 1.82) is 0 Å². The third-order valence-corrected chi connectivity index (χ3v) is 2.04. The summed E-state index contributed by atoms with van der Waals surface area (Å²) < 4.78 is 0. The zero-order chi connectivity index (χ0) is 12.8. The Morgan fingerprint density at radius 3 is 2.35 bits per heavy atom. The number of nitrogens with zero attached hydrogens (tertiary/aromatic N) is 1. The molecule has 1 rings (SSSR count). The molecule has 0 spiro atoms. The number of carboxylic acids is 1. The van der Waals surface area contributed by atoms with Crippen molar-refractivity contribution in [3.63, 3.8) is 0 Å². The Labute approximate surface area is 96.2 Å². The minimum atomic E-state index is -1.53. The summed E-state index contributed by atoms with van der Waals surface area (Å²) in [6.07, 6.45) is 0.414. The highest BCUT2D eigenvalue weighted by Gasteiger charge is 2.09. The van der Waals surface area contributed by atoms with Gasteiger partial charge < -0.3 is 10.4 Å². The Morgan fingerprint density at radius 1 is 1.29 bits per heavy atom. The lowest BCUT2D eigenvalue weighted by atomic mass is 10.1. The minimum absolute atomic E-state index is 0.0108. The van der Waals surface area contributed by atoms with Crippen molar-refractivity contribution < 1.29 is 19.6 Å². The van der Waals surface area contributed by atoms with E-state index >= 15 is 0 Å². The maximum atomic E-state index is 10.7. The number of carbonyl (C=O) groups is 2. The highest BCUT2D eigenvalue weighted by Crippen LogP contribution is 2.11. The van der Waals surface area contributed by atoms with E-state index in [9.17, 15) is 19.7 Å². The maximum Gasteiger partial charge on any atom is 0.394 e. The number of hydrogen-bond donors (Lipinski definition) is 2. The average Bonchev–Trinajstić information content (AvgIpc) is 2.29. The fourth-order valence-corrected chi connectivity index (χ4v) is 1.18. The van der Waals surface area contributed by atoms with Crippen molar-refractivity contribution in [2.75, 3.05) is 6.54 Å². The van der Waals surface area contributed by atoms with E-state index in [4.69, 9.17) is 5.11 Å². The molecule has 0 heterocycles. The molecule has 0 saturated heterocycles. The topological polar surface area (TPSA) is 110 Å². The van der Waals surface area contributed by atoms with E-state index in [1.54, 1.807) is 12.1 Å². The Balaban J connectivity index is 2.45. The van der Waals surface area contributed by atoms with Gasteiger partial charge in [-0.25, -0.2) is 4.79 Å². The number of nitro benzene ring substituents is 1. The predicted octanol–water partition coefficient (Wildman–Crippen LogP) is 0.338. The molecule has 1 aromatic rings. The molecule has 0 bridgehead atoms. The van der Waals surface area contributed by atoms with Gasteiger partial charge in [0.25, 0.3) is 5.69 Å². The summed E-state index contributed by atoms with van der Waals surface area (Å²) in [5.74, 6) is -2.60. The van der Waals surface area contributed by atoms with Gasteiger partial charge in [0, 0.05) is 18.7 Å². The second-order valence-electron chi connectivity index (χ2n) is 3.23. The van der Waals surface area contributed by atoms with Gasteiger partial charge in [0.1, 0.15) is 0 Å². The summed E-state index contributed by atoms with van der Waals surface area (Å²) in [5, 5.41) is 20.9. The van der Waals surface area contributed by atoms with Crippen molar-refractivity contribution in [1.82, 2.24) is 5.32 Å². The van der Waals surface area contributed by atoms with Crippen molar-refractivity contribution in [3.05, 3.63) is 39.9 Å². The smallest absolute Gasteiger partial charge is 0.394 e. The Kier molecular flexibility index (Phi) is 4.15. The van der Waals surface area contributed by atoms with Gasteiger partial charge in [-0.1, -0.05) is 12.1 Å². The molecule has 0 aliphatic carbocycles. The third kappa shape index (κ3) is 3.90. The molecule has 0 fully saturated rings. The van der Waals surface area contributed by atoms with E-state index in [-0.39, 0.29) is 12.2 Å². The van der Waals surface area contributed by atoms with Gasteiger partial charge in [-0.3, -0.25) is 14.9 Å². The van der Waals surface area contributed by atoms with Crippen molar-refractivity contribution >= 4 is 17.6 Å². The molecule has 90 valence electrons. The number of nitro groups is 1. The van der Waals surface area contributed by atoms with Crippen LogP contribution in [0.4, 0.5) is 5.69 Å². The van der Waals surface area contributed by atoms with E-state index in [2.05, 4.69) is 5.32 Å². The van der Waals surface area contributed by atoms with Gasteiger partial charge in [0.15, 0.2) is 0 Å². The SMILES string of the molecule is O=[13C](O)[13C](=O)NCCc1ccc([N+](=O)[O-])cc1. The van der Waals surface area contributed by atoms with Crippen LogP contribution in [0.1, 0.15) is 5.56 Å². The summed E-state index contributed by atoms with van der Waals surface area (Å²) in [7, 11) is 0. The lowest BCUT2D eigenvalue weighted by Gasteiger charge is -2.02. The van der Waals surface area contributed by atoms with E-state index in [1.165, 1.54) is 12.1 Å². The number of nitrogens with one attached hydrogen (secondary N) is 1. The molecule has 2 N–H and O–H groups in total. The first-order valence-electron chi connectivity index (χ1n) is 4.75. The number of amides is 1. The monoisotopic (exact) mass is 240 g/mol. The molecule has 0 aromatic heterocycles. The Morgan fingerprint density at radius 2 is 1.88 bits per heavy atom. The highest BCUT2D eigenvalue weighted by molar-refractivity contribution is 6.31. The fraction of sp³-hybridized carbons (Fsp3) is 0.200. The first-order valence-corrected chi connectivity index (χ1v) is 4.75. The summed E-state index contributed by atoms with van der Waals surface area (Å²) in [4.78, 5) is 30.7. The maximum absolute atomic E-state index is 10.7. The molecule has 0 radical (unpaired) electrons. The summed E-state index contributed by atoms with van der Waals surface area (Å²) in [6, 6.07) is 5.83. The lowest BCUT2D eigenvalue weighted by molar-refractivity contribution is -0.384. The zero-order valence-electron chi connectivity index (χ0n) is 8.75. The van der Waals surface area contributed by atoms with Crippen molar-refractivity contribution in [3.8, 4) is 0 Å². The van der Waals surface area contributed by atoms with E-state index < -0.39 is 16.8 Å². The molecule has 0 aliphatic heterocycles. The van der Waals surface area contributed by atoms with Crippen LogP contribution in [0.25, 0.3) is 0 Å².